The van der Waals surface area contributed by atoms with E-state index < -0.39 is 23.5 Å². The molecule has 132 valence electrons. The third-order valence-corrected chi connectivity index (χ3v) is 4.10. The van der Waals surface area contributed by atoms with Crippen LogP contribution in [0.15, 0.2) is 29.8 Å². The topological polar surface area (TPSA) is 58.6 Å². The van der Waals surface area contributed by atoms with Gasteiger partial charge in [-0.3, -0.25) is 0 Å². The zero-order valence-electron chi connectivity index (χ0n) is 14.4. The minimum atomic E-state index is -5.08. The van der Waals surface area contributed by atoms with Crippen molar-refractivity contribution in [2.45, 2.75) is 38.7 Å². The van der Waals surface area contributed by atoms with Crippen LogP contribution < -0.4 is 39.4 Å². The molecule has 0 saturated heterocycles. The number of fused-ring (bicyclic) bond motifs is 1. The zero-order valence-corrected chi connectivity index (χ0v) is 16.4. The van der Waals surface area contributed by atoms with Crippen LogP contribution in [0.3, 0.4) is 0 Å². The predicted molar refractivity (Wildman–Crippen MR) is 78.9 cm³/mol. The molecule has 1 unspecified atom stereocenters. The molecule has 1 aliphatic rings. The summed E-state index contributed by atoms with van der Waals surface area (Å²) in [5.41, 5.74) is -0.859. The van der Waals surface area contributed by atoms with E-state index >= 15 is 0 Å². The van der Waals surface area contributed by atoms with Gasteiger partial charge in [-0.15, -0.1) is 0 Å². The molecule has 1 aliphatic heterocycles. The normalized spacial score (nSPS) is 19.5. The van der Waals surface area contributed by atoms with Crippen LogP contribution in [0.1, 0.15) is 32.3 Å². The number of ether oxygens (including phenoxy) is 2. The molecule has 0 spiro atoms. The number of alkyl halides is 3. The maximum absolute atomic E-state index is 13.8. The van der Waals surface area contributed by atoms with Crippen LogP contribution in [0, 0.1) is 5.92 Å². The summed E-state index contributed by atoms with van der Waals surface area (Å²) in [5, 5.41) is 11.4. The van der Waals surface area contributed by atoms with Crippen molar-refractivity contribution in [1.29, 1.82) is 0 Å². The number of carbonyl (C=O) groups excluding carboxylic acids is 1. The van der Waals surface area contributed by atoms with Gasteiger partial charge in [-0.25, -0.2) is 0 Å². The van der Waals surface area contributed by atoms with Gasteiger partial charge in [0.15, 0.2) is 0 Å². The maximum Gasteiger partial charge on any atom is 1.00 e. The summed E-state index contributed by atoms with van der Waals surface area (Å²) in [4.78, 5) is 11.4. The van der Waals surface area contributed by atoms with Gasteiger partial charge in [-0.2, -0.15) is 13.2 Å². The number of hydrogen-bond donors (Lipinski definition) is 0. The Hall–Kier alpha value is -1.02. The van der Waals surface area contributed by atoms with Crippen LogP contribution in [0.5, 0.6) is 5.75 Å². The standard InChI is InChI=1S/C17H19F3O4.Na/c1-3-11(4-2)10-23-16(17(18,19)20)13(15(21)22)9-12-7-5-6-8-14(12)24-16;/h5-9,11H,3-4,10H2,1-2H3,(H,21,22);/q;+1/p-1. The van der Waals surface area contributed by atoms with Gasteiger partial charge < -0.3 is 19.4 Å². The molecule has 0 saturated carbocycles. The number of halogens is 3. The Morgan fingerprint density at radius 2 is 1.88 bits per heavy atom. The summed E-state index contributed by atoms with van der Waals surface area (Å²) in [7, 11) is 0. The Morgan fingerprint density at radius 1 is 1.28 bits per heavy atom. The van der Waals surface area contributed by atoms with Crippen molar-refractivity contribution in [3.63, 3.8) is 0 Å². The molecule has 0 radical (unpaired) electrons. The summed E-state index contributed by atoms with van der Waals surface area (Å²) in [5.74, 6) is -5.59. The molecule has 0 amide bonds. The van der Waals surface area contributed by atoms with E-state index in [2.05, 4.69) is 0 Å². The van der Waals surface area contributed by atoms with E-state index in [1.807, 2.05) is 13.8 Å². The van der Waals surface area contributed by atoms with Crippen LogP contribution in [0.25, 0.3) is 6.08 Å². The van der Waals surface area contributed by atoms with Gasteiger partial charge in [-0.1, -0.05) is 44.9 Å². The molecule has 0 fully saturated rings. The van der Waals surface area contributed by atoms with Crippen LogP contribution in [-0.4, -0.2) is 24.5 Å². The Balaban J connectivity index is 0.00000312. The van der Waals surface area contributed by atoms with Gasteiger partial charge >= 0.3 is 41.5 Å². The molecule has 1 atom stereocenters. The summed E-state index contributed by atoms with van der Waals surface area (Å²) < 4.78 is 51.5. The van der Waals surface area contributed by atoms with E-state index in [9.17, 15) is 23.1 Å². The molecular formula is C17H18F3NaO4. The van der Waals surface area contributed by atoms with E-state index in [4.69, 9.17) is 9.47 Å². The fraction of sp³-hybridized carbons (Fsp3) is 0.471. The van der Waals surface area contributed by atoms with E-state index in [0.29, 0.717) is 12.8 Å². The minimum absolute atomic E-state index is 0. The third-order valence-electron chi connectivity index (χ3n) is 4.10. The molecule has 2 rings (SSSR count). The van der Waals surface area contributed by atoms with Crippen LogP contribution in [-0.2, 0) is 9.53 Å². The summed E-state index contributed by atoms with van der Waals surface area (Å²) in [6, 6.07) is 5.86. The summed E-state index contributed by atoms with van der Waals surface area (Å²) in [6.45, 7) is 3.37. The monoisotopic (exact) mass is 366 g/mol. The predicted octanol–water partition coefficient (Wildman–Crippen LogP) is -0.0723. The molecule has 0 N–H and O–H groups in total. The van der Waals surface area contributed by atoms with Gasteiger partial charge in [0.25, 0.3) is 0 Å². The number of carbonyl (C=O) groups is 1. The van der Waals surface area contributed by atoms with Crippen molar-refractivity contribution < 1.29 is 62.1 Å². The van der Waals surface area contributed by atoms with E-state index in [1.165, 1.54) is 18.2 Å². The van der Waals surface area contributed by atoms with E-state index in [-0.39, 0.29) is 53.4 Å². The first-order valence-electron chi connectivity index (χ1n) is 7.67. The van der Waals surface area contributed by atoms with E-state index in [1.54, 1.807) is 6.07 Å². The van der Waals surface area contributed by atoms with Crippen molar-refractivity contribution in [2.24, 2.45) is 5.92 Å². The van der Waals surface area contributed by atoms with Gasteiger partial charge in [0.1, 0.15) is 5.75 Å². The fourth-order valence-electron chi connectivity index (χ4n) is 2.51. The van der Waals surface area contributed by atoms with Crippen molar-refractivity contribution in [1.82, 2.24) is 0 Å². The summed E-state index contributed by atoms with van der Waals surface area (Å²) in [6.07, 6.45) is -2.98. The number of hydrogen-bond acceptors (Lipinski definition) is 4. The average Bonchev–Trinajstić information content (AvgIpc) is 2.53. The Kier molecular flexibility index (Phi) is 7.55. The first-order valence-corrected chi connectivity index (χ1v) is 7.67. The number of para-hydroxylation sites is 1. The smallest absolute Gasteiger partial charge is 0.545 e. The molecule has 25 heavy (non-hydrogen) atoms. The average molecular weight is 366 g/mol. The van der Waals surface area contributed by atoms with Crippen molar-refractivity contribution in [2.75, 3.05) is 6.61 Å². The van der Waals surface area contributed by atoms with Crippen molar-refractivity contribution >= 4 is 12.0 Å². The molecular weight excluding hydrogens is 348 g/mol. The fourth-order valence-corrected chi connectivity index (χ4v) is 2.51. The van der Waals surface area contributed by atoms with Gasteiger partial charge in [0, 0.05) is 5.56 Å². The number of carboxylic acids is 1. The SMILES string of the molecule is CCC(CC)COC1(C(F)(F)F)Oc2ccccc2C=C1C(=O)[O-].[Na+]. The molecule has 1 aromatic rings. The minimum Gasteiger partial charge on any atom is -0.545 e. The molecule has 4 nitrogen and oxygen atoms in total. The largest absolute Gasteiger partial charge is 1.00 e. The molecule has 8 heteroatoms. The molecule has 0 aromatic heterocycles. The van der Waals surface area contributed by atoms with Crippen molar-refractivity contribution in [3.8, 4) is 5.75 Å². The second-order valence-corrected chi connectivity index (χ2v) is 5.59. The summed E-state index contributed by atoms with van der Waals surface area (Å²) >= 11 is 0. The Morgan fingerprint density at radius 3 is 2.40 bits per heavy atom. The second-order valence-electron chi connectivity index (χ2n) is 5.59. The number of rotatable bonds is 6. The van der Waals surface area contributed by atoms with E-state index in [0.717, 1.165) is 6.08 Å². The quantitative estimate of drug-likeness (QED) is 0.662. The molecule has 1 heterocycles. The second kappa shape index (κ2) is 8.58. The first-order chi connectivity index (χ1) is 11.2. The molecule has 0 aliphatic carbocycles. The molecule has 0 bridgehead atoms. The number of carboxylic acid groups (broad SMARTS) is 1. The first kappa shape index (κ1) is 22.0. The van der Waals surface area contributed by atoms with Crippen LogP contribution in [0.2, 0.25) is 0 Å². The molecule has 1 aromatic carbocycles. The number of aliphatic carboxylic acids is 1. The number of benzene rings is 1. The van der Waals surface area contributed by atoms with Crippen molar-refractivity contribution in [3.05, 3.63) is 35.4 Å². The van der Waals surface area contributed by atoms with Gasteiger partial charge in [0.05, 0.1) is 18.1 Å². The van der Waals surface area contributed by atoms with Crippen LogP contribution in [0.4, 0.5) is 13.2 Å². The Bertz CT molecular complexity index is 641. The van der Waals surface area contributed by atoms with Gasteiger partial charge in [-0.05, 0) is 18.1 Å². The Labute approximate surface area is 166 Å². The van der Waals surface area contributed by atoms with Gasteiger partial charge in [0.2, 0.25) is 0 Å². The third kappa shape index (κ3) is 4.39. The zero-order chi connectivity index (χ0) is 18.0. The van der Waals surface area contributed by atoms with Crippen LogP contribution >= 0.6 is 0 Å². The maximum atomic E-state index is 13.8.